The van der Waals surface area contributed by atoms with Gasteiger partial charge in [0, 0.05) is 13.0 Å². The van der Waals surface area contributed by atoms with Crippen molar-refractivity contribution in [2.45, 2.75) is 19.8 Å². The average molecular weight is 175 g/mol. The Labute approximate surface area is 72.9 Å². The van der Waals surface area contributed by atoms with Crippen LogP contribution in [-0.2, 0) is 9.53 Å². The van der Waals surface area contributed by atoms with Crippen LogP contribution < -0.4 is 5.32 Å². The highest BCUT2D eigenvalue weighted by Crippen LogP contribution is 1.84. The second-order valence-electron chi connectivity index (χ2n) is 2.44. The summed E-state index contributed by atoms with van der Waals surface area (Å²) in [6.45, 7) is 3.32. The molecule has 0 aromatic carbocycles. The van der Waals surface area contributed by atoms with Gasteiger partial charge in [-0.3, -0.25) is 4.79 Å². The molecule has 0 aromatic heterocycles. The number of carbonyl (C=O) groups excluding carboxylic acids is 1. The van der Waals surface area contributed by atoms with Crippen LogP contribution in [0.1, 0.15) is 19.8 Å². The van der Waals surface area contributed by atoms with Gasteiger partial charge < -0.3 is 15.2 Å². The lowest BCUT2D eigenvalue weighted by molar-refractivity contribution is -0.121. The number of hydrogen-bond donors (Lipinski definition) is 2. The number of amides is 1. The van der Waals surface area contributed by atoms with Crippen LogP contribution in [0.5, 0.6) is 0 Å². The van der Waals surface area contributed by atoms with Crippen molar-refractivity contribution in [3.63, 3.8) is 0 Å². The summed E-state index contributed by atoms with van der Waals surface area (Å²) < 4.78 is 4.95. The Balaban J connectivity index is 3.03. The van der Waals surface area contributed by atoms with Crippen molar-refractivity contribution in [2.24, 2.45) is 0 Å². The maximum absolute atomic E-state index is 10.9. The summed E-state index contributed by atoms with van der Waals surface area (Å²) in [7, 11) is 0. The van der Waals surface area contributed by atoms with Crippen molar-refractivity contribution in [1.29, 1.82) is 0 Å². The Bertz CT molecular complexity index is 117. The lowest BCUT2D eigenvalue weighted by Gasteiger charge is -2.03. The Hall–Kier alpha value is -0.610. The van der Waals surface area contributed by atoms with Crippen molar-refractivity contribution in [3.8, 4) is 0 Å². The molecule has 4 nitrogen and oxygen atoms in total. The van der Waals surface area contributed by atoms with Crippen LogP contribution in [-0.4, -0.2) is 37.4 Å². The normalized spacial score (nSPS) is 9.83. The van der Waals surface area contributed by atoms with Gasteiger partial charge in [0.2, 0.25) is 5.91 Å². The number of ether oxygens (including phenoxy) is 1. The van der Waals surface area contributed by atoms with E-state index in [1.54, 1.807) is 0 Å². The molecule has 0 atom stereocenters. The third-order valence-electron chi connectivity index (χ3n) is 1.28. The number of nitrogens with one attached hydrogen (secondary N) is 1. The van der Waals surface area contributed by atoms with Crippen molar-refractivity contribution >= 4 is 5.91 Å². The average Bonchev–Trinajstić information content (AvgIpc) is 2.05. The Morgan fingerprint density at radius 3 is 2.83 bits per heavy atom. The number of aliphatic hydroxyl groups is 1. The molecule has 0 aliphatic rings. The topological polar surface area (TPSA) is 58.6 Å². The minimum Gasteiger partial charge on any atom is -0.394 e. The molecule has 0 fully saturated rings. The van der Waals surface area contributed by atoms with Crippen LogP contribution >= 0.6 is 0 Å². The van der Waals surface area contributed by atoms with Gasteiger partial charge in [-0.15, -0.1) is 0 Å². The third-order valence-corrected chi connectivity index (χ3v) is 1.28. The van der Waals surface area contributed by atoms with Crippen molar-refractivity contribution < 1.29 is 14.6 Å². The van der Waals surface area contributed by atoms with Gasteiger partial charge in [0.1, 0.15) is 0 Å². The van der Waals surface area contributed by atoms with Gasteiger partial charge in [-0.25, -0.2) is 0 Å². The molecule has 0 unspecified atom stereocenters. The molecule has 4 heteroatoms. The highest BCUT2D eigenvalue weighted by molar-refractivity contribution is 5.75. The molecule has 0 bridgehead atoms. The quantitative estimate of drug-likeness (QED) is 0.532. The smallest absolute Gasteiger partial charge is 0.220 e. The van der Waals surface area contributed by atoms with Crippen LogP contribution in [0.2, 0.25) is 0 Å². The van der Waals surface area contributed by atoms with Gasteiger partial charge in [-0.1, -0.05) is 6.92 Å². The molecule has 0 aliphatic heterocycles. The lowest BCUT2D eigenvalue weighted by Crippen LogP contribution is -2.27. The predicted molar refractivity (Wildman–Crippen MR) is 45.8 cm³/mol. The summed E-state index contributed by atoms with van der Waals surface area (Å²) in [5.74, 6) is 0.0603. The van der Waals surface area contributed by atoms with E-state index in [-0.39, 0.29) is 12.5 Å². The van der Waals surface area contributed by atoms with E-state index in [0.717, 1.165) is 6.42 Å². The molecule has 0 aliphatic carbocycles. The summed E-state index contributed by atoms with van der Waals surface area (Å²) in [5, 5.41) is 11.0. The van der Waals surface area contributed by atoms with Gasteiger partial charge in [-0.05, 0) is 6.42 Å². The van der Waals surface area contributed by atoms with E-state index in [1.807, 2.05) is 6.92 Å². The molecular formula is C8H17NO3. The summed E-state index contributed by atoms with van der Waals surface area (Å²) in [6.07, 6.45) is 1.43. The van der Waals surface area contributed by atoms with Crippen molar-refractivity contribution in [1.82, 2.24) is 5.32 Å². The molecule has 72 valence electrons. The summed E-state index contributed by atoms with van der Waals surface area (Å²) >= 11 is 0. The monoisotopic (exact) mass is 175 g/mol. The first kappa shape index (κ1) is 11.4. The van der Waals surface area contributed by atoms with Gasteiger partial charge in [-0.2, -0.15) is 0 Å². The molecule has 0 saturated carbocycles. The SMILES string of the molecule is CCCC(=O)NCCOCCO. The van der Waals surface area contributed by atoms with E-state index in [0.29, 0.717) is 26.2 Å². The van der Waals surface area contributed by atoms with Gasteiger partial charge in [0.25, 0.3) is 0 Å². The molecule has 0 radical (unpaired) electrons. The Morgan fingerprint density at radius 2 is 2.25 bits per heavy atom. The number of rotatable bonds is 7. The molecule has 0 spiro atoms. The highest BCUT2D eigenvalue weighted by Gasteiger charge is 1.96. The van der Waals surface area contributed by atoms with E-state index in [4.69, 9.17) is 9.84 Å². The van der Waals surface area contributed by atoms with E-state index in [1.165, 1.54) is 0 Å². The minimum absolute atomic E-state index is 0.0307. The fraction of sp³-hybridized carbons (Fsp3) is 0.875. The maximum Gasteiger partial charge on any atom is 0.220 e. The highest BCUT2D eigenvalue weighted by atomic mass is 16.5. The van der Waals surface area contributed by atoms with E-state index >= 15 is 0 Å². The Kier molecular flexibility index (Phi) is 8.05. The van der Waals surface area contributed by atoms with Crippen molar-refractivity contribution in [2.75, 3.05) is 26.4 Å². The zero-order chi connectivity index (χ0) is 9.23. The van der Waals surface area contributed by atoms with Crippen molar-refractivity contribution in [3.05, 3.63) is 0 Å². The zero-order valence-electron chi connectivity index (χ0n) is 7.51. The van der Waals surface area contributed by atoms with Crippen LogP contribution in [0.4, 0.5) is 0 Å². The van der Waals surface area contributed by atoms with Crippen LogP contribution in [0, 0.1) is 0 Å². The number of hydrogen-bond acceptors (Lipinski definition) is 3. The fourth-order valence-corrected chi connectivity index (χ4v) is 0.745. The maximum atomic E-state index is 10.9. The zero-order valence-corrected chi connectivity index (χ0v) is 7.51. The number of aliphatic hydroxyl groups excluding tert-OH is 1. The van der Waals surface area contributed by atoms with E-state index in [9.17, 15) is 4.79 Å². The summed E-state index contributed by atoms with van der Waals surface area (Å²) in [6, 6.07) is 0. The molecular weight excluding hydrogens is 158 g/mol. The fourth-order valence-electron chi connectivity index (χ4n) is 0.745. The van der Waals surface area contributed by atoms with Crippen LogP contribution in [0.3, 0.4) is 0 Å². The molecule has 2 N–H and O–H groups in total. The van der Waals surface area contributed by atoms with E-state index < -0.39 is 0 Å². The second-order valence-corrected chi connectivity index (χ2v) is 2.44. The first-order chi connectivity index (χ1) is 5.81. The van der Waals surface area contributed by atoms with Gasteiger partial charge >= 0.3 is 0 Å². The van der Waals surface area contributed by atoms with Crippen LogP contribution in [0.25, 0.3) is 0 Å². The molecule has 12 heavy (non-hydrogen) atoms. The van der Waals surface area contributed by atoms with E-state index in [2.05, 4.69) is 5.32 Å². The third kappa shape index (κ3) is 7.50. The molecule has 0 heterocycles. The number of carbonyl (C=O) groups is 1. The first-order valence-corrected chi connectivity index (χ1v) is 4.26. The molecule has 0 aromatic rings. The minimum atomic E-state index is 0.0307. The van der Waals surface area contributed by atoms with Gasteiger partial charge in [0.15, 0.2) is 0 Å². The van der Waals surface area contributed by atoms with Crippen LogP contribution in [0.15, 0.2) is 0 Å². The molecule has 1 amide bonds. The largest absolute Gasteiger partial charge is 0.394 e. The summed E-state index contributed by atoms with van der Waals surface area (Å²) in [4.78, 5) is 10.9. The standard InChI is InChI=1S/C8H17NO3/c1-2-3-8(11)9-4-6-12-7-5-10/h10H,2-7H2,1H3,(H,9,11). The second kappa shape index (κ2) is 8.49. The van der Waals surface area contributed by atoms with Gasteiger partial charge in [0.05, 0.1) is 19.8 Å². The lowest BCUT2D eigenvalue weighted by atomic mass is 10.3. The molecule has 0 saturated heterocycles. The first-order valence-electron chi connectivity index (χ1n) is 4.26. The molecule has 0 rings (SSSR count). The summed E-state index contributed by atoms with van der Waals surface area (Å²) in [5.41, 5.74) is 0. The predicted octanol–water partition coefficient (Wildman–Crippen LogP) is -0.0884. The Morgan fingerprint density at radius 1 is 1.50 bits per heavy atom.